The molecular formula is C17H20N3O3S3+. The van der Waals surface area contributed by atoms with Gasteiger partial charge in [0.2, 0.25) is 0 Å². The number of thiazole rings is 1. The summed E-state index contributed by atoms with van der Waals surface area (Å²) in [7, 11) is 0.783. The molecule has 3 aromatic rings. The van der Waals surface area contributed by atoms with E-state index in [0.717, 1.165) is 11.2 Å². The van der Waals surface area contributed by atoms with E-state index in [1.165, 1.54) is 33.8 Å². The number of benzene rings is 1. The van der Waals surface area contributed by atoms with Crippen molar-refractivity contribution in [3.63, 3.8) is 0 Å². The van der Waals surface area contributed by atoms with Gasteiger partial charge in [0.25, 0.3) is 5.91 Å². The van der Waals surface area contributed by atoms with Gasteiger partial charge in [0.15, 0.2) is 15.0 Å². The molecule has 1 amide bonds. The summed E-state index contributed by atoms with van der Waals surface area (Å²) in [5, 5.41) is 2.46. The van der Waals surface area contributed by atoms with E-state index in [4.69, 9.17) is 0 Å². The van der Waals surface area contributed by atoms with Crippen molar-refractivity contribution >= 4 is 53.8 Å². The number of thiophene rings is 1. The molecule has 0 aliphatic heterocycles. The van der Waals surface area contributed by atoms with E-state index in [1.807, 2.05) is 25.5 Å². The Labute approximate surface area is 160 Å². The first-order valence-corrected chi connectivity index (χ1v) is 11.6. The Morgan fingerprint density at radius 1 is 1.27 bits per heavy atom. The van der Waals surface area contributed by atoms with Crippen LogP contribution in [0, 0.1) is 0 Å². The minimum atomic E-state index is -3.28. The maximum atomic E-state index is 12.9. The number of amides is 1. The average Bonchev–Trinajstić information content (AvgIpc) is 3.22. The van der Waals surface area contributed by atoms with Gasteiger partial charge in [0, 0.05) is 6.26 Å². The van der Waals surface area contributed by atoms with Crippen LogP contribution in [-0.2, 0) is 9.84 Å². The van der Waals surface area contributed by atoms with E-state index in [0.29, 0.717) is 22.1 Å². The minimum absolute atomic E-state index is 0.0800. The summed E-state index contributed by atoms with van der Waals surface area (Å²) in [6.07, 6.45) is 1.18. The molecule has 0 atom stereocenters. The van der Waals surface area contributed by atoms with E-state index in [-0.39, 0.29) is 10.8 Å². The van der Waals surface area contributed by atoms with Crippen molar-refractivity contribution in [3.8, 4) is 0 Å². The number of nitrogens with zero attached hydrogens (tertiary/aromatic N) is 2. The van der Waals surface area contributed by atoms with Crippen molar-refractivity contribution in [3.05, 3.63) is 40.6 Å². The molecule has 0 saturated heterocycles. The normalized spacial score (nSPS) is 12.0. The first-order chi connectivity index (χ1) is 12.3. The Kier molecular flexibility index (Phi) is 5.42. The Morgan fingerprint density at radius 2 is 2.04 bits per heavy atom. The third-order valence-electron chi connectivity index (χ3n) is 3.82. The largest absolute Gasteiger partial charge is 0.338 e. The molecule has 6 nitrogen and oxygen atoms in total. The summed E-state index contributed by atoms with van der Waals surface area (Å²) in [6, 6.07) is 8.52. The molecule has 0 aliphatic rings. The number of aromatic nitrogens is 1. The highest BCUT2D eigenvalue weighted by atomic mass is 32.2. The molecule has 0 saturated carbocycles. The summed E-state index contributed by atoms with van der Waals surface area (Å²) >= 11 is 2.74. The smallest absolute Gasteiger partial charge is 0.270 e. The molecule has 0 fully saturated rings. The van der Waals surface area contributed by atoms with Crippen LogP contribution in [0.3, 0.4) is 0 Å². The minimum Gasteiger partial charge on any atom is -0.338 e. The molecular weight excluding hydrogens is 390 g/mol. The Morgan fingerprint density at radius 3 is 2.65 bits per heavy atom. The zero-order valence-corrected chi connectivity index (χ0v) is 17.2. The van der Waals surface area contributed by atoms with Crippen LogP contribution in [0.4, 0.5) is 5.13 Å². The van der Waals surface area contributed by atoms with Crippen LogP contribution < -0.4 is 9.80 Å². The lowest BCUT2D eigenvalue weighted by Crippen LogP contribution is -3.06. The van der Waals surface area contributed by atoms with Crippen LogP contribution in [0.15, 0.2) is 40.6 Å². The molecule has 0 bridgehead atoms. The lowest BCUT2D eigenvalue weighted by molar-refractivity contribution is -0.856. The second kappa shape index (κ2) is 7.43. The number of anilines is 1. The summed E-state index contributed by atoms with van der Waals surface area (Å²) in [5.41, 5.74) is 0.693. The van der Waals surface area contributed by atoms with Gasteiger partial charge < -0.3 is 4.90 Å². The van der Waals surface area contributed by atoms with Crippen LogP contribution in [0.5, 0.6) is 0 Å². The molecule has 0 unspecified atom stereocenters. The summed E-state index contributed by atoms with van der Waals surface area (Å²) in [6.45, 7) is 1.32. The van der Waals surface area contributed by atoms with Gasteiger partial charge in [-0.15, -0.1) is 11.3 Å². The topological polar surface area (TPSA) is 71.8 Å². The molecule has 3 rings (SSSR count). The number of rotatable bonds is 6. The standard InChI is InChI=1S/C17H19N3O3S3/c1-19(2)8-9-20(16(21)14-5-4-10-24-14)17-18-13-7-6-12(26(3,22)23)11-15(13)25-17/h4-7,10-11H,8-9H2,1-3H3/p+1. The van der Waals surface area contributed by atoms with Gasteiger partial charge in [-0.25, -0.2) is 13.4 Å². The fourth-order valence-electron chi connectivity index (χ4n) is 2.39. The van der Waals surface area contributed by atoms with Crippen LogP contribution in [0.25, 0.3) is 10.2 Å². The summed E-state index contributed by atoms with van der Waals surface area (Å²) in [5.74, 6) is -0.0800. The molecule has 0 aliphatic carbocycles. The number of likely N-dealkylation sites (N-methyl/N-ethyl adjacent to an activating group) is 1. The predicted molar refractivity (Wildman–Crippen MR) is 106 cm³/mol. The van der Waals surface area contributed by atoms with Crippen LogP contribution >= 0.6 is 22.7 Å². The monoisotopic (exact) mass is 410 g/mol. The number of hydrogen-bond donors (Lipinski definition) is 1. The number of hydrogen-bond acceptors (Lipinski definition) is 6. The van der Waals surface area contributed by atoms with Crippen LogP contribution in [-0.4, -0.2) is 52.7 Å². The molecule has 0 radical (unpaired) electrons. The lowest BCUT2D eigenvalue weighted by atomic mass is 10.3. The number of sulfone groups is 1. The fraction of sp³-hybridized carbons (Fsp3) is 0.294. The lowest BCUT2D eigenvalue weighted by Gasteiger charge is -2.19. The van der Waals surface area contributed by atoms with Crippen molar-refractivity contribution in [2.75, 3.05) is 38.3 Å². The molecule has 1 aromatic carbocycles. The van der Waals surface area contributed by atoms with Crippen LogP contribution in [0.2, 0.25) is 0 Å². The van der Waals surface area contributed by atoms with Crippen molar-refractivity contribution in [2.24, 2.45) is 0 Å². The van der Waals surface area contributed by atoms with Crippen molar-refractivity contribution in [1.29, 1.82) is 0 Å². The number of carbonyl (C=O) groups is 1. The van der Waals surface area contributed by atoms with E-state index in [2.05, 4.69) is 4.98 Å². The molecule has 9 heteroatoms. The van der Waals surface area contributed by atoms with Gasteiger partial charge in [-0.3, -0.25) is 9.69 Å². The maximum absolute atomic E-state index is 12.9. The molecule has 26 heavy (non-hydrogen) atoms. The van der Waals surface area contributed by atoms with Crippen molar-refractivity contribution in [1.82, 2.24) is 4.98 Å². The predicted octanol–water partition coefficient (Wildman–Crippen LogP) is 1.55. The van der Waals surface area contributed by atoms with E-state index in [9.17, 15) is 13.2 Å². The number of fused-ring (bicyclic) bond motifs is 1. The third-order valence-corrected chi connectivity index (χ3v) is 6.83. The SMILES string of the molecule is C[NH+](C)CCN(C(=O)c1cccs1)c1nc2ccc(S(C)(=O)=O)cc2s1. The van der Waals surface area contributed by atoms with E-state index in [1.54, 1.807) is 29.2 Å². The van der Waals surface area contributed by atoms with Gasteiger partial charge >= 0.3 is 0 Å². The van der Waals surface area contributed by atoms with E-state index < -0.39 is 9.84 Å². The first-order valence-electron chi connectivity index (χ1n) is 8.01. The van der Waals surface area contributed by atoms with Crippen molar-refractivity contribution < 1.29 is 18.1 Å². The highest BCUT2D eigenvalue weighted by Gasteiger charge is 2.23. The number of carbonyl (C=O) groups excluding carboxylic acids is 1. The fourth-order valence-corrected chi connectivity index (χ4v) is 4.81. The summed E-state index contributed by atoms with van der Waals surface area (Å²) < 4.78 is 24.3. The van der Waals surface area contributed by atoms with E-state index >= 15 is 0 Å². The highest BCUT2D eigenvalue weighted by molar-refractivity contribution is 7.90. The highest BCUT2D eigenvalue weighted by Crippen LogP contribution is 2.31. The third kappa shape index (κ3) is 4.12. The quantitative estimate of drug-likeness (QED) is 0.669. The molecule has 138 valence electrons. The Balaban J connectivity index is 2.01. The zero-order valence-electron chi connectivity index (χ0n) is 14.7. The second-order valence-corrected chi connectivity index (χ2v) is 10.3. The maximum Gasteiger partial charge on any atom is 0.270 e. The van der Waals surface area contributed by atoms with Gasteiger partial charge in [-0.1, -0.05) is 17.4 Å². The molecule has 2 heterocycles. The van der Waals surface area contributed by atoms with Gasteiger partial charge in [-0.2, -0.15) is 0 Å². The van der Waals surface area contributed by atoms with Crippen molar-refractivity contribution in [2.45, 2.75) is 4.90 Å². The molecule has 1 N–H and O–H groups in total. The molecule has 2 aromatic heterocycles. The Hall–Kier alpha value is -1.81. The molecule has 0 spiro atoms. The number of quaternary nitrogens is 1. The zero-order chi connectivity index (χ0) is 18.9. The van der Waals surface area contributed by atoms with Gasteiger partial charge in [-0.05, 0) is 29.6 Å². The first kappa shape index (κ1) is 19.0. The van der Waals surface area contributed by atoms with Gasteiger partial charge in [0.05, 0.1) is 47.2 Å². The Bertz CT molecular complexity index is 1020. The number of nitrogens with one attached hydrogen (secondary N) is 1. The van der Waals surface area contributed by atoms with Gasteiger partial charge in [0.1, 0.15) is 0 Å². The second-order valence-electron chi connectivity index (χ2n) is 6.29. The summed E-state index contributed by atoms with van der Waals surface area (Å²) in [4.78, 5) is 21.3. The van der Waals surface area contributed by atoms with Crippen LogP contribution in [0.1, 0.15) is 9.67 Å². The average molecular weight is 411 g/mol.